The lowest BCUT2D eigenvalue weighted by Crippen LogP contribution is -2.56. The summed E-state index contributed by atoms with van der Waals surface area (Å²) in [5.74, 6) is 0.0352. The van der Waals surface area contributed by atoms with Gasteiger partial charge in [0.15, 0.2) is 0 Å². The van der Waals surface area contributed by atoms with E-state index in [0.717, 1.165) is 13.0 Å². The molecule has 0 saturated carbocycles. The van der Waals surface area contributed by atoms with Crippen molar-refractivity contribution in [1.29, 1.82) is 0 Å². The Hall–Kier alpha value is -1.40. The lowest BCUT2D eigenvalue weighted by Gasteiger charge is -2.40. The van der Waals surface area contributed by atoms with Gasteiger partial charge in [0.2, 0.25) is 0 Å². The van der Waals surface area contributed by atoms with Gasteiger partial charge in [-0.05, 0) is 46.3 Å². The number of morpholine rings is 1. The summed E-state index contributed by atoms with van der Waals surface area (Å²) in [6, 6.07) is 2.63. The van der Waals surface area contributed by atoms with Gasteiger partial charge in [-0.2, -0.15) is 5.10 Å². The summed E-state index contributed by atoms with van der Waals surface area (Å²) >= 11 is 0. The number of hydrogen-bond acceptors (Lipinski definition) is 4. The van der Waals surface area contributed by atoms with Crippen molar-refractivity contribution in [2.24, 2.45) is 0 Å². The van der Waals surface area contributed by atoms with Gasteiger partial charge >= 0.3 is 0 Å². The number of carbonyl (C=O) groups is 1. The number of hydrogen-bond donors (Lipinski definition) is 0. The first kappa shape index (κ1) is 15.5. The predicted molar refractivity (Wildman–Crippen MR) is 83.9 cm³/mol. The van der Waals surface area contributed by atoms with Gasteiger partial charge in [0, 0.05) is 24.8 Å². The monoisotopic (exact) mass is 306 g/mol. The highest BCUT2D eigenvalue weighted by atomic mass is 16.5. The van der Waals surface area contributed by atoms with E-state index in [0.29, 0.717) is 31.5 Å². The number of likely N-dealkylation sites (N-methyl/N-ethyl adjacent to an activating group) is 1. The Balaban J connectivity index is 1.78. The minimum Gasteiger partial charge on any atom is -0.377 e. The van der Waals surface area contributed by atoms with Crippen LogP contribution in [0.3, 0.4) is 0 Å². The molecule has 122 valence electrons. The molecule has 2 unspecified atom stereocenters. The summed E-state index contributed by atoms with van der Waals surface area (Å²) < 4.78 is 7.49. The topological polar surface area (TPSA) is 50.6 Å². The van der Waals surface area contributed by atoms with Crippen LogP contribution in [-0.4, -0.2) is 70.9 Å². The van der Waals surface area contributed by atoms with E-state index < -0.39 is 0 Å². The standard InChI is InChI=1S/C16H26N4O2/c1-12(2)20-8-6-13(17-20)16(21)19-9-10-22-11-15(19)14-5-4-7-18(14)3/h6,8,12,14-15H,4-5,7,9-11H2,1-3H3. The van der Waals surface area contributed by atoms with E-state index in [1.807, 2.05) is 21.8 Å². The predicted octanol–water partition coefficient (Wildman–Crippen LogP) is 1.40. The van der Waals surface area contributed by atoms with E-state index in [9.17, 15) is 4.79 Å². The molecule has 3 heterocycles. The Morgan fingerprint density at radius 1 is 1.36 bits per heavy atom. The van der Waals surface area contributed by atoms with Crippen LogP contribution in [0, 0.1) is 0 Å². The van der Waals surface area contributed by atoms with Crippen LogP contribution in [0.1, 0.15) is 43.2 Å². The minimum absolute atomic E-state index is 0.0352. The molecule has 0 radical (unpaired) electrons. The lowest BCUT2D eigenvalue weighted by atomic mass is 10.0. The molecule has 2 aliphatic rings. The van der Waals surface area contributed by atoms with Gasteiger partial charge in [0.1, 0.15) is 5.69 Å². The van der Waals surface area contributed by atoms with Crippen LogP contribution in [0.15, 0.2) is 12.3 Å². The number of nitrogens with zero attached hydrogens (tertiary/aromatic N) is 4. The van der Waals surface area contributed by atoms with Crippen molar-refractivity contribution in [2.75, 3.05) is 33.4 Å². The highest BCUT2D eigenvalue weighted by molar-refractivity contribution is 5.92. The van der Waals surface area contributed by atoms with E-state index in [1.165, 1.54) is 6.42 Å². The van der Waals surface area contributed by atoms with Crippen LogP contribution in [0.25, 0.3) is 0 Å². The van der Waals surface area contributed by atoms with Crippen molar-refractivity contribution in [3.8, 4) is 0 Å². The maximum atomic E-state index is 12.9. The molecule has 0 aliphatic carbocycles. The van der Waals surface area contributed by atoms with Crippen LogP contribution in [0.4, 0.5) is 0 Å². The molecule has 0 aromatic carbocycles. The van der Waals surface area contributed by atoms with Crippen LogP contribution in [0.5, 0.6) is 0 Å². The second-order valence-electron chi connectivity index (χ2n) is 6.61. The fourth-order valence-corrected chi connectivity index (χ4v) is 3.50. The van der Waals surface area contributed by atoms with Crippen LogP contribution in [0.2, 0.25) is 0 Å². The molecule has 1 aromatic heterocycles. The summed E-state index contributed by atoms with van der Waals surface area (Å²) in [6.07, 6.45) is 4.21. The molecule has 2 saturated heterocycles. The third-order valence-electron chi connectivity index (χ3n) is 4.80. The maximum absolute atomic E-state index is 12.9. The third-order valence-corrected chi connectivity index (χ3v) is 4.80. The molecule has 22 heavy (non-hydrogen) atoms. The first-order valence-electron chi connectivity index (χ1n) is 8.22. The molecule has 3 rings (SSSR count). The van der Waals surface area contributed by atoms with Gasteiger partial charge in [-0.25, -0.2) is 0 Å². The van der Waals surface area contributed by atoms with Crippen molar-refractivity contribution in [1.82, 2.24) is 19.6 Å². The maximum Gasteiger partial charge on any atom is 0.274 e. The lowest BCUT2D eigenvalue weighted by molar-refractivity contribution is -0.0235. The molecule has 0 N–H and O–H groups in total. The summed E-state index contributed by atoms with van der Waals surface area (Å²) in [5.41, 5.74) is 0.543. The number of aromatic nitrogens is 2. The highest BCUT2D eigenvalue weighted by Gasteiger charge is 2.38. The van der Waals surface area contributed by atoms with Gasteiger partial charge < -0.3 is 14.5 Å². The molecular formula is C16H26N4O2. The Labute approximate surface area is 132 Å². The van der Waals surface area contributed by atoms with Crippen molar-refractivity contribution in [3.05, 3.63) is 18.0 Å². The zero-order valence-corrected chi connectivity index (χ0v) is 13.7. The van der Waals surface area contributed by atoms with E-state index in [2.05, 4.69) is 30.9 Å². The summed E-state index contributed by atoms with van der Waals surface area (Å²) in [6.45, 7) is 7.13. The number of rotatable bonds is 3. The van der Waals surface area contributed by atoms with Crippen LogP contribution in [-0.2, 0) is 4.74 Å². The molecule has 2 atom stereocenters. The molecule has 2 aliphatic heterocycles. The van der Waals surface area contributed by atoms with E-state index in [4.69, 9.17) is 4.74 Å². The van der Waals surface area contributed by atoms with Crippen LogP contribution < -0.4 is 0 Å². The zero-order valence-electron chi connectivity index (χ0n) is 13.7. The second kappa shape index (κ2) is 6.38. The van der Waals surface area contributed by atoms with Crippen molar-refractivity contribution in [2.45, 2.75) is 44.8 Å². The molecule has 6 heteroatoms. The molecule has 6 nitrogen and oxygen atoms in total. The molecule has 0 bridgehead atoms. The van der Waals surface area contributed by atoms with Gasteiger partial charge in [-0.15, -0.1) is 0 Å². The molecular weight excluding hydrogens is 280 g/mol. The largest absolute Gasteiger partial charge is 0.377 e. The number of ether oxygens (including phenoxy) is 1. The Morgan fingerprint density at radius 2 is 2.18 bits per heavy atom. The molecule has 1 aromatic rings. The summed E-state index contributed by atoms with van der Waals surface area (Å²) in [4.78, 5) is 17.2. The van der Waals surface area contributed by atoms with Crippen molar-refractivity contribution < 1.29 is 9.53 Å². The van der Waals surface area contributed by atoms with Gasteiger partial charge in [0.25, 0.3) is 5.91 Å². The highest BCUT2D eigenvalue weighted by Crippen LogP contribution is 2.25. The average molecular weight is 306 g/mol. The fourth-order valence-electron chi connectivity index (χ4n) is 3.50. The molecule has 0 spiro atoms. The summed E-state index contributed by atoms with van der Waals surface area (Å²) in [5, 5.41) is 4.44. The SMILES string of the molecule is CC(C)n1ccc(C(=O)N2CCOCC2C2CCCN2C)n1. The van der Waals surface area contributed by atoms with Crippen molar-refractivity contribution in [3.63, 3.8) is 0 Å². The second-order valence-corrected chi connectivity index (χ2v) is 6.61. The van der Waals surface area contributed by atoms with Gasteiger partial charge in [-0.1, -0.05) is 0 Å². The number of carbonyl (C=O) groups excluding carboxylic acids is 1. The molecule has 2 fully saturated rings. The zero-order chi connectivity index (χ0) is 15.7. The first-order valence-corrected chi connectivity index (χ1v) is 8.22. The van der Waals surface area contributed by atoms with E-state index >= 15 is 0 Å². The first-order chi connectivity index (χ1) is 10.6. The average Bonchev–Trinajstić information content (AvgIpc) is 3.15. The number of likely N-dealkylation sites (tertiary alicyclic amines) is 1. The Kier molecular flexibility index (Phi) is 4.49. The van der Waals surface area contributed by atoms with Gasteiger partial charge in [-0.3, -0.25) is 9.48 Å². The molecule has 1 amide bonds. The normalized spacial score (nSPS) is 26.8. The smallest absolute Gasteiger partial charge is 0.274 e. The Morgan fingerprint density at radius 3 is 2.82 bits per heavy atom. The summed E-state index contributed by atoms with van der Waals surface area (Å²) in [7, 11) is 2.14. The van der Waals surface area contributed by atoms with E-state index in [1.54, 1.807) is 0 Å². The van der Waals surface area contributed by atoms with E-state index in [-0.39, 0.29) is 18.0 Å². The van der Waals surface area contributed by atoms with Crippen LogP contribution >= 0.6 is 0 Å². The quantitative estimate of drug-likeness (QED) is 0.847. The minimum atomic E-state index is 0.0352. The fraction of sp³-hybridized carbons (Fsp3) is 0.750. The van der Waals surface area contributed by atoms with Crippen molar-refractivity contribution >= 4 is 5.91 Å². The van der Waals surface area contributed by atoms with Gasteiger partial charge in [0.05, 0.1) is 19.3 Å². The number of amides is 1. The Bertz CT molecular complexity index is 528. The third kappa shape index (κ3) is 2.90.